The maximum absolute atomic E-state index is 5.55. The van der Waals surface area contributed by atoms with Gasteiger partial charge in [-0.25, -0.2) is 0 Å². The van der Waals surface area contributed by atoms with Gasteiger partial charge in [-0.3, -0.25) is 0 Å². The number of ether oxygens (including phenoxy) is 1. The topological polar surface area (TPSA) is 21.3 Å². The summed E-state index contributed by atoms with van der Waals surface area (Å²) in [5, 5.41) is 3.49. The maximum Gasteiger partial charge on any atom is 0.126 e. The summed E-state index contributed by atoms with van der Waals surface area (Å²) in [5.41, 5.74) is 6.28. The van der Waals surface area contributed by atoms with E-state index in [0.717, 1.165) is 25.3 Å². The Labute approximate surface area is 128 Å². The Morgan fingerprint density at radius 1 is 0.952 bits per heavy atom. The molecule has 2 heteroatoms. The minimum absolute atomic E-state index is 0.889. The molecule has 0 fully saturated rings. The standard InChI is InChI=1S/C19H25NO/c1-5-10-20-13-16-8-6-14(2)11-17(16)18-12-15(3)7-9-19(18)21-4/h6-9,11-12,20H,5,10,13H2,1-4H3. The Morgan fingerprint density at radius 2 is 1.62 bits per heavy atom. The molecule has 0 heterocycles. The van der Waals surface area contributed by atoms with Crippen molar-refractivity contribution < 1.29 is 4.74 Å². The average Bonchev–Trinajstić information content (AvgIpc) is 2.49. The lowest BCUT2D eigenvalue weighted by Crippen LogP contribution is -2.14. The average molecular weight is 283 g/mol. The Kier molecular flexibility index (Phi) is 5.40. The fourth-order valence-corrected chi connectivity index (χ4v) is 2.53. The van der Waals surface area contributed by atoms with Crippen LogP contribution in [-0.2, 0) is 6.54 Å². The summed E-state index contributed by atoms with van der Waals surface area (Å²) >= 11 is 0. The van der Waals surface area contributed by atoms with Crippen LogP contribution in [0.15, 0.2) is 36.4 Å². The van der Waals surface area contributed by atoms with Crippen LogP contribution in [0.2, 0.25) is 0 Å². The minimum atomic E-state index is 0.889. The first kappa shape index (κ1) is 15.6. The zero-order valence-corrected chi connectivity index (χ0v) is 13.5. The van der Waals surface area contributed by atoms with Gasteiger partial charge in [-0.05, 0) is 50.1 Å². The fraction of sp³-hybridized carbons (Fsp3) is 0.368. The van der Waals surface area contributed by atoms with Crippen LogP contribution in [0.5, 0.6) is 5.75 Å². The predicted molar refractivity (Wildman–Crippen MR) is 89.9 cm³/mol. The lowest BCUT2D eigenvalue weighted by atomic mass is 9.95. The van der Waals surface area contributed by atoms with Crippen molar-refractivity contribution in [3.8, 4) is 16.9 Å². The van der Waals surface area contributed by atoms with Crippen LogP contribution in [0.4, 0.5) is 0 Å². The van der Waals surface area contributed by atoms with Crippen LogP contribution in [0.1, 0.15) is 30.0 Å². The van der Waals surface area contributed by atoms with Crippen molar-refractivity contribution in [3.63, 3.8) is 0 Å². The Morgan fingerprint density at radius 3 is 2.29 bits per heavy atom. The summed E-state index contributed by atoms with van der Waals surface area (Å²) in [6.07, 6.45) is 1.15. The minimum Gasteiger partial charge on any atom is -0.496 e. The van der Waals surface area contributed by atoms with Gasteiger partial charge in [0.2, 0.25) is 0 Å². The summed E-state index contributed by atoms with van der Waals surface area (Å²) in [5.74, 6) is 0.933. The molecular weight excluding hydrogens is 258 g/mol. The smallest absolute Gasteiger partial charge is 0.126 e. The highest BCUT2D eigenvalue weighted by Gasteiger charge is 2.11. The van der Waals surface area contributed by atoms with Crippen molar-refractivity contribution >= 4 is 0 Å². The van der Waals surface area contributed by atoms with Crippen molar-refractivity contribution in [1.82, 2.24) is 5.32 Å². The van der Waals surface area contributed by atoms with Gasteiger partial charge in [0.25, 0.3) is 0 Å². The molecule has 0 aliphatic heterocycles. The second-order valence-corrected chi connectivity index (χ2v) is 5.54. The Bertz CT molecular complexity index is 605. The molecule has 21 heavy (non-hydrogen) atoms. The molecule has 112 valence electrons. The number of methoxy groups -OCH3 is 1. The quantitative estimate of drug-likeness (QED) is 0.789. The van der Waals surface area contributed by atoms with Gasteiger partial charge < -0.3 is 10.1 Å². The van der Waals surface area contributed by atoms with Crippen molar-refractivity contribution in [2.75, 3.05) is 13.7 Å². The third-order valence-corrected chi connectivity index (χ3v) is 3.65. The van der Waals surface area contributed by atoms with Crippen LogP contribution in [0.25, 0.3) is 11.1 Å². The van der Waals surface area contributed by atoms with Crippen molar-refractivity contribution in [2.24, 2.45) is 0 Å². The van der Waals surface area contributed by atoms with Gasteiger partial charge in [0.15, 0.2) is 0 Å². The van der Waals surface area contributed by atoms with E-state index in [4.69, 9.17) is 4.74 Å². The van der Waals surface area contributed by atoms with E-state index in [1.165, 1.54) is 27.8 Å². The van der Waals surface area contributed by atoms with Crippen molar-refractivity contribution in [3.05, 3.63) is 53.1 Å². The molecule has 1 N–H and O–H groups in total. The number of nitrogens with one attached hydrogen (secondary N) is 1. The lowest BCUT2D eigenvalue weighted by Gasteiger charge is -2.15. The molecule has 2 aromatic rings. The molecule has 0 atom stereocenters. The van der Waals surface area contributed by atoms with Gasteiger partial charge in [0, 0.05) is 12.1 Å². The highest BCUT2D eigenvalue weighted by atomic mass is 16.5. The van der Waals surface area contributed by atoms with Crippen LogP contribution < -0.4 is 10.1 Å². The molecule has 0 aliphatic carbocycles. The molecule has 0 radical (unpaired) electrons. The molecule has 0 spiro atoms. The Balaban J connectivity index is 2.46. The number of hydrogen-bond donors (Lipinski definition) is 1. The summed E-state index contributed by atoms with van der Waals surface area (Å²) < 4.78 is 5.55. The highest BCUT2D eigenvalue weighted by Crippen LogP contribution is 2.33. The molecule has 0 unspecified atom stereocenters. The SMILES string of the molecule is CCCNCc1ccc(C)cc1-c1cc(C)ccc1OC. The summed E-state index contributed by atoms with van der Waals surface area (Å²) in [6, 6.07) is 13.0. The molecule has 2 nitrogen and oxygen atoms in total. The van der Waals surface area contributed by atoms with E-state index in [-0.39, 0.29) is 0 Å². The lowest BCUT2D eigenvalue weighted by molar-refractivity contribution is 0.416. The normalized spacial score (nSPS) is 10.7. The van der Waals surface area contributed by atoms with Crippen molar-refractivity contribution in [1.29, 1.82) is 0 Å². The molecule has 0 saturated carbocycles. The monoisotopic (exact) mass is 283 g/mol. The van der Waals surface area contributed by atoms with Gasteiger partial charge in [-0.2, -0.15) is 0 Å². The van der Waals surface area contributed by atoms with E-state index < -0.39 is 0 Å². The van der Waals surface area contributed by atoms with Gasteiger partial charge in [-0.15, -0.1) is 0 Å². The number of rotatable bonds is 6. The van der Waals surface area contributed by atoms with E-state index in [9.17, 15) is 0 Å². The third kappa shape index (κ3) is 3.85. The molecule has 0 aliphatic rings. The van der Waals surface area contributed by atoms with E-state index in [2.05, 4.69) is 62.5 Å². The predicted octanol–water partition coefficient (Wildman–Crippen LogP) is 4.48. The summed E-state index contributed by atoms with van der Waals surface area (Å²) in [6.45, 7) is 8.37. The Hall–Kier alpha value is -1.80. The van der Waals surface area contributed by atoms with E-state index in [1.807, 2.05) is 0 Å². The zero-order valence-electron chi connectivity index (χ0n) is 13.5. The van der Waals surface area contributed by atoms with Crippen LogP contribution in [0, 0.1) is 13.8 Å². The van der Waals surface area contributed by atoms with Gasteiger partial charge in [-0.1, -0.05) is 42.3 Å². The van der Waals surface area contributed by atoms with Gasteiger partial charge >= 0.3 is 0 Å². The summed E-state index contributed by atoms with van der Waals surface area (Å²) in [4.78, 5) is 0. The van der Waals surface area contributed by atoms with E-state index in [0.29, 0.717) is 0 Å². The third-order valence-electron chi connectivity index (χ3n) is 3.65. The molecule has 0 amide bonds. The first-order valence-electron chi connectivity index (χ1n) is 7.61. The molecule has 0 bridgehead atoms. The van der Waals surface area contributed by atoms with Crippen LogP contribution in [-0.4, -0.2) is 13.7 Å². The zero-order chi connectivity index (χ0) is 15.2. The largest absolute Gasteiger partial charge is 0.496 e. The molecule has 0 aromatic heterocycles. The van der Waals surface area contributed by atoms with Crippen molar-refractivity contribution in [2.45, 2.75) is 33.7 Å². The highest BCUT2D eigenvalue weighted by molar-refractivity contribution is 5.74. The molecule has 2 rings (SSSR count). The molecule has 2 aromatic carbocycles. The number of aryl methyl sites for hydroxylation is 2. The first-order valence-corrected chi connectivity index (χ1v) is 7.61. The van der Waals surface area contributed by atoms with Crippen LogP contribution >= 0.6 is 0 Å². The summed E-state index contributed by atoms with van der Waals surface area (Å²) in [7, 11) is 1.74. The van der Waals surface area contributed by atoms with Gasteiger partial charge in [0.05, 0.1) is 7.11 Å². The van der Waals surface area contributed by atoms with E-state index in [1.54, 1.807) is 7.11 Å². The van der Waals surface area contributed by atoms with Crippen LogP contribution in [0.3, 0.4) is 0 Å². The first-order chi connectivity index (χ1) is 10.2. The van der Waals surface area contributed by atoms with E-state index >= 15 is 0 Å². The maximum atomic E-state index is 5.55. The second kappa shape index (κ2) is 7.28. The van der Waals surface area contributed by atoms with Gasteiger partial charge in [0.1, 0.15) is 5.75 Å². The molecule has 0 saturated heterocycles. The fourth-order valence-electron chi connectivity index (χ4n) is 2.53. The number of hydrogen-bond acceptors (Lipinski definition) is 2. The number of benzene rings is 2. The second-order valence-electron chi connectivity index (χ2n) is 5.54. The molecular formula is C19H25NO.